The summed E-state index contributed by atoms with van der Waals surface area (Å²) in [6.45, 7) is 2.75. The predicted molar refractivity (Wildman–Crippen MR) is 86.2 cm³/mol. The second-order valence-corrected chi connectivity index (χ2v) is 5.76. The van der Waals surface area contributed by atoms with Gasteiger partial charge in [-0.15, -0.1) is 0 Å². The average molecular weight is 280 g/mol. The summed E-state index contributed by atoms with van der Waals surface area (Å²) in [7, 11) is 0. The number of ether oxygens (including phenoxy) is 1. The lowest BCUT2D eigenvalue weighted by molar-refractivity contribution is 0.357. The van der Waals surface area contributed by atoms with Crippen LogP contribution in [0.4, 0.5) is 11.4 Å². The van der Waals surface area contributed by atoms with E-state index >= 15 is 0 Å². The lowest BCUT2D eigenvalue weighted by Crippen LogP contribution is -2.15. The molecule has 21 heavy (non-hydrogen) atoms. The molecule has 2 aliphatic heterocycles. The fraction of sp³-hybridized carbons (Fsp3) is 0.333. The van der Waals surface area contributed by atoms with Crippen LogP contribution in [0, 0.1) is 0 Å². The monoisotopic (exact) mass is 280 g/mol. The fourth-order valence-corrected chi connectivity index (χ4v) is 3.22. The second kappa shape index (κ2) is 5.32. The van der Waals surface area contributed by atoms with Gasteiger partial charge in [-0.25, -0.2) is 0 Å². The Labute approximate surface area is 125 Å². The van der Waals surface area contributed by atoms with Gasteiger partial charge in [0.1, 0.15) is 5.75 Å². The van der Waals surface area contributed by atoms with Gasteiger partial charge in [0.25, 0.3) is 0 Å². The number of rotatable bonds is 3. The largest absolute Gasteiger partial charge is 0.493 e. The Morgan fingerprint density at radius 2 is 2.10 bits per heavy atom. The molecule has 0 saturated heterocycles. The van der Waals surface area contributed by atoms with Gasteiger partial charge < -0.3 is 15.4 Å². The highest BCUT2D eigenvalue weighted by atomic mass is 16.5. The number of hydrogen-bond acceptors (Lipinski definition) is 3. The van der Waals surface area contributed by atoms with Crippen molar-refractivity contribution in [3.8, 4) is 5.75 Å². The molecule has 0 radical (unpaired) electrons. The van der Waals surface area contributed by atoms with E-state index in [0.717, 1.165) is 31.9 Å². The third-order valence-corrected chi connectivity index (χ3v) is 4.33. The van der Waals surface area contributed by atoms with Crippen LogP contribution in [0.15, 0.2) is 36.4 Å². The minimum Gasteiger partial charge on any atom is -0.493 e. The molecule has 2 aromatic carbocycles. The van der Waals surface area contributed by atoms with Crippen LogP contribution in [0.3, 0.4) is 0 Å². The SMILES string of the molecule is c1cc2c(c(CNc3ccc4c(c3)CCO4)c1)NCCC2. The standard InChI is InChI=1S/C18H20N2O/c1-3-13-5-2-9-19-18(13)15(4-1)12-20-16-6-7-17-14(11-16)8-10-21-17/h1,3-4,6-7,11,19-20H,2,5,8-10,12H2. The van der Waals surface area contributed by atoms with Gasteiger partial charge in [0.05, 0.1) is 6.61 Å². The first-order chi connectivity index (χ1) is 10.4. The smallest absolute Gasteiger partial charge is 0.122 e. The van der Waals surface area contributed by atoms with Gasteiger partial charge in [-0.05, 0) is 47.7 Å². The second-order valence-electron chi connectivity index (χ2n) is 5.76. The summed E-state index contributed by atoms with van der Waals surface area (Å²) in [6.07, 6.45) is 3.44. The van der Waals surface area contributed by atoms with Gasteiger partial charge in [-0.2, -0.15) is 0 Å². The van der Waals surface area contributed by atoms with Crippen molar-refractivity contribution in [2.75, 3.05) is 23.8 Å². The topological polar surface area (TPSA) is 33.3 Å². The first-order valence-corrected chi connectivity index (χ1v) is 7.74. The predicted octanol–water partition coefficient (Wildman–Crippen LogP) is 3.59. The molecule has 2 N–H and O–H groups in total. The lowest BCUT2D eigenvalue weighted by Gasteiger charge is -2.21. The molecule has 0 spiro atoms. The zero-order valence-corrected chi connectivity index (χ0v) is 12.1. The molecule has 3 nitrogen and oxygen atoms in total. The summed E-state index contributed by atoms with van der Waals surface area (Å²) in [6, 6.07) is 13.0. The van der Waals surface area contributed by atoms with Crippen LogP contribution in [0.1, 0.15) is 23.1 Å². The molecule has 0 unspecified atom stereocenters. The Morgan fingerprint density at radius 3 is 3.10 bits per heavy atom. The molecule has 108 valence electrons. The van der Waals surface area contributed by atoms with E-state index in [1.54, 1.807) is 0 Å². The molecule has 0 amide bonds. The van der Waals surface area contributed by atoms with E-state index in [1.807, 2.05) is 0 Å². The van der Waals surface area contributed by atoms with E-state index in [9.17, 15) is 0 Å². The quantitative estimate of drug-likeness (QED) is 0.901. The van der Waals surface area contributed by atoms with E-state index < -0.39 is 0 Å². The van der Waals surface area contributed by atoms with Gasteiger partial charge in [0, 0.05) is 30.9 Å². The Hall–Kier alpha value is -2.16. The first kappa shape index (κ1) is 12.6. The van der Waals surface area contributed by atoms with Crippen molar-refractivity contribution in [3.05, 3.63) is 53.1 Å². The number of aryl methyl sites for hydroxylation is 1. The average Bonchev–Trinajstić information content (AvgIpc) is 3.00. The van der Waals surface area contributed by atoms with Crippen molar-refractivity contribution >= 4 is 11.4 Å². The van der Waals surface area contributed by atoms with Gasteiger partial charge in [-0.1, -0.05) is 18.2 Å². The Balaban J connectivity index is 1.52. The molecule has 0 fully saturated rings. The highest BCUT2D eigenvalue weighted by Crippen LogP contribution is 2.29. The third-order valence-electron chi connectivity index (χ3n) is 4.33. The van der Waals surface area contributed by atoms with Gasteiger partial charge in [-0.3, -0.25) is 0 Å². The lowest BCUT2D eigenvalue weighted by atomic mass is 9.99. The molecule has 2 aliphatic rings. The number of anilines is 2. The van der Waals surface area contributed by atoms with E-state index in [0.29, 0.717) is 0 Å². The van der Waals surface area contributed by atoms with Crippen LogP contribution in [0.2, 0.25) is 0 Å². The van der Waals surface area contributed by atoms with Gasteiger partial charge in [0.2, 0.25) is 0 Å². The molecule has 0 aromatic heterocycles. The van der Waals surface area contributed by atoms with Crippen LogP contribution < -0.4 is 15.4 Å². The van der Waals surface area contributed by atoms with Crippen molar-refractivity contribution in [1.82, 2.24) is 0 Å². The summed E-state index contributed by atoms with van der Waals surface area (Å²) >= 11 is 0. The van der Waals surface area contributed by atoms with Crippen molar-refractivity contribution < 1.29 is 4.74 Å². The maximum absolute atomic E-state index is 5.55. The molecular weight excluding hydrogens is 260 g/mol. The Morgan fingerprint density at radius 1 is 1.10 bits per heavy atom. The van der Waals surface area contributed by atoms with Crippen molar-refractivity contribution in [1.29, 1.82) is 0 Å². The molecule has 4 rings (SSSR count). The van der Waals surface area contributed by atoms with Crippen LogP contribution in [0.5, 0.6) is 5.75 Å². The number of hydrogen-bond donors (Lipinski definition) is 2. The van der Waals surface area contributed by atoms with Crippen molar-refractivity contribution in [3.63, 3.8) is 0 Å². The van der Waals surface area contributed by atoms with E-state index in [1.165, 1.54) is 40.9 Å². The van der Waals surface area contributed by atoms with Crippen LogP contribution in [0.25, 0.3) is 0 Å². The molecule has 2 aromatic rings. The minimum atomic E-state index is 0.814. The molecule has 0 atom stereocenters. The first-order valence-electron chi connectivity index (χ1n) is 7.74. The van der Waals surface area contributed by atoms with E-state index in [4.69, 9.17) is 4.74 Å². The fourth-order valence-electron chi connectivity index (χ4n) is 3.22. The summed E-state index contributed by atoms with van der Waals surface area (Å²) in [5.74, 6) is 1.04. The minimum absolute atomic E-state index is 0.814. The zero-order chi connectivity index (χ0) is 14.1. The van der Waals surface area contributed by atoms with Crippen LogP contribution in [-0.2, 0) is 19.4 Å². The summed E-state index contributed by atoms with van der Waals surface area (Å²) in [5.41, 5.74) is 6.62. The molecule has 2 heterocycles. The Bertz CT molecular complexity index is 666. The number of benzene rings is 2. The van der Waals surface area contributed by atoms with Gasteiger partial charge >= 0.3 is 0 Å². The van der Waals surface area contributed by atoms with Crippen molar-refractivity contribution in [2.45, 2.75) is 25.8 Å². The van der Waals surface area contributed by atoms with E-state index in [-0.39, 0.29) is 0 Å². The summed E-state index contributed by atoms with van der Waals surface area (Å²) in [4.78, 5) is 0. The van der Waals surface area contributed by atoms with Gasteiger partial charge in [0.15, 0.2) is 0 Å². The number of nitrogens with one attached hydrogen (secondary N) is 2. The highest BCUT2D eigenvalue weighted by Gasteiger charge is 2.14. The maximum Gasteiger partial charge on any atom is 0.122 e. The molecule has 3 heteroatoms. The van der Waals surface area contributed by atoms with Crippen LogP contribution >= 0.6 is 0 Å². The van der Waals surface area contributed by atoms with E-state index in [2.05, 4.69) is 47.0 Å². The summed E-state index contributed by atoms with van der Waals surface area (Å²) < 4.78 is 5.55. The Kier molecular flexibility index (Phi) is 3.18. The molecular formula is C18H20N2O. The van der Waals surface area contributed by atoms with Crippen molar-refractivity contribution in [2.24, 2.45) is 0 Å². The number of fused-ring (bicyclic) bond motifs is 2. The molecule has 0 bridgehead atoms. The normalized spacial score (nSPS) is 15.6. The zero-order valence-electron chi connectivity index (χ0n) is 12.1. The highest BCUT2D eigenvalue weighted by molar-refractivity contribution is 5.61. The third kappa shape index (κ3) is 2.44. The van der Waals surface area contributed by atoms with Crippen LogP contribution in [-0.4, -0.2) is 13.2 Å². The molecule has 0 aliphatic carbocycles. The number of para-hydroxylation sites is 1. The summed E-state index contributed by atoms with van der Waals surface area (Å²) in [5, 5.41) is 7.09. The molecule has 0 saturated carbocycles. The maximum atomic E-state index is 5.55.